The van der Waals surface area contributed by atoms with Crippen LogP contribution in [0.3, 0.4) is 0 Å². The zero-order chi connectivity index (χ0) is 10.1. The summed E-state index contributed by atoms with van der Waals surface area (Å²) in [5.74, 6) is -0.363. The number of hydrogen-bond donors (Lipinski definition) is 2. The van der Waals surface area contributed by atoms with Crippen molar-refractivity contribution in [2.45, 2.75) is 32.5 Å². The molecule has 1 aliphatic rings. The zero-order valence-corrected chi connectivity index (χ0v) is 8.41. The molecule has 2 atom stereocenters. The third-order valence-electron chi connectivity index (χ3n) is 1.78. The Labute approximate surface area is 78.6 Å². The monoisotopic (exact) mass is 210 g/mol. The molecule has 0 aromatic rings. The molecule has 6 heteroatoms. The Morgan fingerprint density at radius 1 is 1.69 bits per heavy atom. The van der Waals surface area contributed by atoms with E-state index < -0.39 is 23.1 Å². The average Bonchev–Trinajstić information content (AvgIpc) is 2.24. The lowest BCUT2D eigenvalue weighted by atomic mass is 10.2. The van der Waals surface area contributed by atoms with Gasteiger partial charge < -0.3 is 13.8 Å². The highest BCUT2D eigenvalue weighted by Gasteiger charge is 2.40. The molecule has 78 valence electrons. The van der Waals surface area contributed by atoms with Gasteiger partial charge in [0, 0.05) is 6.42 Å². The third-order valence-corrected chi connectivity index (χ3v) is 3.16. The van der Waals surface area contributed by atoms with Gasteiger partial charge in [-0.05, 0) is 6.92 Å². The molecule has 1 heterocycles. The van der Waals surface area contributed by atoms with Gasteiger partial charge >= 0.3 is 5.97 Å². The van der Waals surface area contributed by atoms with Crippen LogP contribution < -0.4 is 0 Å². The van der Waals surface area contributed by atoms with E-state index in [-0.39, 0.29) is 18.1 Å². The molecule has 1 aliphatic heterocycles. The van der Waals surface area contributed by atoms with Crippen LogP contribution in [0.25, 0.3) is 0 Å². The fraction of sp³-hybridized carbons (Fsp3) is 0.857. The first kappa shape index (κ1) is 10.8. The van der Waals surface area contributed by atoms with Crippen LogP contribution in [0.15, 0.2) is 0 Å². The average molecular weight is 210 g/mol. The summed E-state index contributed by atoms with van der Waals surface area (Å²) in [4.78, 5) is 10.9. The molecule has 2 unspecified atom stereocenters. The molecule has 0 amide bonds. The fourth-order valence-corrected chi connectivity index (χ4v) is 2.53. The second-order valence-electron chi connectivity index (χ2n) is 2.96. The molecular weight excluding hydrogens is 196 g/mol. The van der Waals surface area contributed by atoms with Gasteiger partial charge in [-0.15, -0.1) is 0 Å². The number of rotatable bonds is 2. The van der Waals surface area contributed by atoms with Crippen LogP contribution in [0.5, 0.6) is 0 Å². The van der Waals surface area contributed by atoms with E-state index >= 15 is 0 Å². The maximum absolute atomic E-state index is 10.9. The van der Waals surface area contributed by atoms with Crippen LogP contribution in [0.2, 0.25) is 0 Å². The predicted octanol–water partition coefficient (Wildman–Crippen LogP) is 1.39. The summed E-state index contributed by atoms with van der Waals surface area (Å²) in [7, 11) is -2.98. The lowest BCUT2D eigenvalue weighted by Crippen LogP contribution is -2.26. The highest BCUT2D eigenvalue weighted by Crippen LogP contribution is 2.49. The minimum atomic E-state index is -2.98. The molecule has 0 saturated carbocycles. The minimum absolute atomic E-state index is 0.0140. The van der Waals surface area contributed by atoms with Crippen LogP contribution in [0, 0.1) is 0 Å². The van der Waals surface area contributed by atoms with Gasteiger partial charge in [0.1, 0.15) is 12.2 Å². The van der Waals surface area contributed by atoms with Crippen molar-refractivity contribution in [3.63, 3.8) is 0 Å². The van der Waals surface area contributed by atoms with E-state index in [1.807, 2.05) is 0 Å². The van der Waals surface area contributed by atoms with Crippen molar-refractivity contribution in [3.05, 3.63) is 0 Å². The zero-order valence-electron chi connectivity index (χ0n) is 7.60. The summed E-state index contributed by atoms with van der Waals surface area (Å²) in [6.45, 7) is 3.33. The van der Waals surface area contributed by atoms with Crippen molar-refractivity contribution in [1.29, 1.82) is 0 Å². The van der Waals surface area contributed by atoms with Gasteiger partial charge in [-0.2, -0.15) is 0 Å². The lowest BCUT2D eigenvalue weighted by molar-refractivity contribution is -0.150. The van der Waals surface area contributed by atoms with E-state index in [0.29, 0.717) is 0 Å². The maximum atomic E-state index is 10.9. The van der Waals surface area contributed by atoms with Crippen molar-refractivity contribution in [1.82, 2.24) is 0 Å². The van der Waals surface area contributed by atoms with E-state index in [1.54, 1.807) is 13.8 Å². The molecule has 0 aliphatic carbocycles. The fourth-order valence-electron chi connectivity index (χ4n) is 1.08. The SMILES string of the molecule is CCC(=O)OC1CS(O)(O)OC1C. The van der Waals surface area contributed by atoms with Crippen LogP contribution in [-0.4, -0.2) is 33.0 Å². The molecule has 0 aromatic heterocycles. The van der Waals surface area contributed by atoms with E-state index in [2.05, 4.69) is 0 Å². The topological polar surface area (TPSA) is 76.0 Å². The summed E-state index contributed by atoms with van der Waals surface area (Å²) in [6, 6.07) is 0. The van der Waals surface area contributed by atoms with Gasteiger partial charge in [0.05, 0.1) is 16.6 Å². The van der Waals surface area contributed by atoms with Crippen molar-refractivity contribution >= 4 is 16.8 Å². The second kappa shape index (κ2) is 3.83. The van der Waals surface area contributed by atoms with Crippen LogP contribution in [-0.2, 0) is 13.7 Å². The summed E-state index contributed by atoms with van der Waals surface area (Å²) in [6.07, 6.45) is -0.694. The molecule has 5 nitrogen and oxygen atoms in total. The van der Waals surface area contributed by atoms with Crippen LogP contribution in [0.1, 0.15) is 20.3 Å². The molecule has 0 spiro atoms. The Balaban J connectivity index is 2.48. The van der Waals surface area contributed by atoms with E-state index in [9.17, 15) is 4.79 Å². The third kappa shape index (κ3) is 2.84. The molecule has 0 radical (unpaired) electrons. The lowest BCUT2D eigenvalue weighted by Gasteiger charge is -2.17. The van der Waals surface area contributed by atoms with Crippen molar-refractivity contribution < 1.29 is 22.8 Å². The molecule has 1 fully saturated rings. The highest BCUT2D eigenvalue weighted by molar-refractivity contribution is 8.20. The Hall–Kier alpha value is -0.300. The number of hydrogen-bond acceptors (Lipinski definition) is 5. The van der Waals surface area contributed by atoms with Crippen molar-refractivity contribution in [2.75, 3.05) is 5.75 Å². The highest BCUT2D eigenvalue weighted by atomic mass is 32.3. The van der Waals surface area contributed by atoms with Gasteiger partial charge in [-0.3, -0.25) is 8.98 Å². The Kier molecular flexibility index (Phi) is 3.18. The normalized spacial score (nSPS) is 34.2. The minimum Gasteiger partial charge on any atom is -0.458 e. The molecule has 1 saturated heterocycles. The summed E-state index contributed by atoms with van der Waals surface area (Å²) >= 11 is 0. The first-order chi connectivity index (χ1) is 5.94. The quantitative estimate of drug-likeness (QED) is 0.673. The molecule has 1 rings (SSSR count). The molecule has 0 aromatic carbocycles. The van der Waals surface area contributed by atoms with Gasteiger partial charge in [0.2, 0.25) is 0 Å². The van der Waals surface area contributed by atoms with Crippen molar-refractivity contribution in [3.8, 4) is 0 Å². The van der Waals surface area contributed by atoms with Gasteiger partial charge in [0.25, 0.3) is 0 Å². The standard InChI is InChI=1S/C7H14O5S/c1-3-7(8)11-6-4-13(9,10)12-5(6)2/h5-6,9-10H,3-4H2,1-2H3. The van der Waals surface area contributed by atoms with Gasteiger partial charge in [0.15, 0.2) is 0 Å². The number of carbonyl (C=O) groups is 1. The molecule has 2 N–H and O–H groups in total. The van der Waals surface area contributed by atoms with Gasteiger partial charge in [-0.1, -0.05) is 6.92 Å². The number of esters is 1. The number of carbonyl (C=O) groups excluding carboxylic acids is 1. The Morgan fingerprint density at radius 3 is 2.69 bits per heavy atom. The first-order valence-electron chi connectivity index (χ1n) is 4.08. The van der Waals surface area contributed by atoms with Crippen LogP contribution >= 0.6 is 10.9 Å². The predicted molar refractivity (Wildman–Crippen MR) is 48.4 cm³/mol. The molecule has 0 bridgehead atoms. The molecular formula is C7H14O5S. The van der Waals surface area contributed by atoms with E-state index in [0.717, 1.165) is 0 Å². The summed E-state index contributed by atoms with van der Waals surface area (Å²) in [5.41, 5.74) is 0. The molecule has 13 heavy (non-hydrogen) atoms. The second-order valence-corrected chi connectivity index (χ2v) is 4.70. The van der Waals surface area contributed by atoms with Crippen LogP contribution in [0.4, 0.5) is 0 Å². The summed E-state index contributed by atoms with van der Waals surface area (Å²) in [5, 5.41) is 0. The first-order valence-corrected chi connectivity index (χ1v) is 5.72. The Bertz CT molecular complexity index is 205. The summed E-state index contributed by atoms with van der Waals surface area (Å²) < 4.78 is 28.1. The Morgan fingerprint density at radius 2 is 2.31 bits per heavy atom. The maximum Gasteiger partial charge on any atom is 0.305 e. The van der Waals surface area contributed by atoms with E-state index in [1.165, 1.54) is 0 Å². The number of ether oxygens (including phenoxy) is 1. The van der Waals surface area contributed by atoms with Crippen molar-refractivity contribution in [2.24, 2.45) is 0 Å². The van der Waals surface area contributed by atoms with E-state index in [4.69, 9.17) is 18.0 Å². The largest absolute Gasteiger partial charge is 0.458 e. The van der Waals surface area contributed by atoms with Gasteiger partial charge in [-0.25, -0.2) is 0 Å². The smallest absolute Gasteiger partial charge is 0.305 e.